The van der Waals surface area contributed by atoms with Crippen molar-refractivity contribution in [3.63, 3.8) is 0 Å². The Labute approximate surface area is 119 Å². The Balaban J connectivity index is 1.53. The van der Waals surface area contributed by atoms with Crippen LogP contribution in [0.4, 0.5) is 0 Å². The molecule has 1 saturated heterocycles. The van der Waals surface area contributed by atoms with Gasteiger partial charge < -0.3 is 5.32 Å². The number of aryl methyl sites for hydroxylation is 1. The molecule has 19 heavy (non-hydrogen) atoms. The van der Waals surface area contributed by atoms with Crippen LogP contribution in [0, 0.1) is 0 Å². The molecular formula is C14H22N4S. The lowest BCUT2D eigenvalue weighted by Crippen LogP contribution is -2.45. The molecule has 1 N–H and O–H groups in total. The van der Waals surface area contributed by atoms with Crippen molar-refractivity contribution in [2.45, 2.75) is 44.1 Å². The molecule has 2 fully saturated rings. The summed E-state index contributed by atoms with van der Waals surface area (Å²) in [5.41, 5.74) is 1.62. The molecule has 1 aliphatic heterocycles. The summed E-state index contributed by atoms with van der Waals surface area (Å²) in [5, 5.41) is 9.03. The first-order valence-corrected chi connectivity index (χ1v) is 8.18. The Morgan fingerprint density at radius 2 is 2.26 bits per heavy atom. The van der Waals surface area contributed by atoms with Crippen LogP contribution in [-0.4, -0.2) is 32.8 Å². The lowest BCUT2D eigenvalue weighted by Gasteiger charge is -2.32. The Hall–Kier alpha value is -0.970. The third-order valence-corrected chi connectivity index (χ3v) is 5.42. The summed E-state index contributed by atoms with van der Waals surface area (Å²) < 4.78 is 1.93. The number of nitrogens with one attached hydrogen (secondary N) is 1. The smallest absolute Gasteiger partial charge is 0.157 e. The van der Waals surface area contributed by atoms with Crippen LogP contribution in [0.5, 0.6) is 0 Å². The standard InChI is InChI=1S/C14H22N4S/c1-18-12(6-10-16-18)5-9-15-13-17-14(11-19-13)7-3-2-4-8-14/h6,10H,2-5,7-9,11H2,1H3,(H,15,17). The molecular weight excluding hydrogens is 256 g/mol. The molecule has 3 rings (SSSR count). The highest BCUT2D eigenvalue weighted by molar-refractivity contribution is 8.14. The minimum Gasteiger partial charge on any atom is -0.359 e. The Morgan fingerprint density at radius 3 is 3.00 bits per heavy atom. The molecule has 1 saturated carbocycles. The zero-order valence-corrected chi connectivity index (χ0v) is 12.4. The molecule has 2 heterocycles. The average molecular weight is 278 g/mol. The first kappa shape index (κ1) is 13.0. The number of nitrogens with zero attached hydrogens (tertiary/aromatic N) is 3. The fraction of sp³-hybridized carbons (Fsp3) is 0.714. The van der Waals surface area contributed by atoms with Crippen molar-refractivity contribution < 1.29 is 0 Å². The van der Waals surface area contributed by atoms with Crippen molar-refractivity contribution in [3.8, 4) is 0 Å². The van der Waals surface area contributed by atoms with Gasteiger partial charge in [-0.15, -0.1) is 0 Å². The van der Waals surface area contributed by atoms with Gasteiger partial charge in [-0.1, -0.05) is 31.0 Å². The maximum absolute atomic E-state index is 4.72. The molecule has 0 amide bonds. The van der Waals surface area contributed by atoms with Crippen molar-refractivity contribution >= 4 is 16.9 Å². The van der Waals surface area contributed by atoms with Crippen LogP contribution < -0.4 is 5.32 Å². The Morgan fingerprint density at radius 1 is 1.42 bits per heavy atom. The van der Waals surface area contributed by atoms with E-state index < -0.39 is 0 Å². The van der Waals surface area contributed by atoms with E-state index in [9.17, 15) is 0 Å². The van der Waals surface area contributed by atoms with Gasteiger partial charge in [-0.25, -0.2) is 0 Å². The van der Waals surface area contributed by atoms with E-state index in [0.29, 0.717) is 5.54 Å². The topological polar surface area (TPSA) is 42.2 Å². The summed E-state index contributed by atoms with van der Waals surface area (Å²) in [4.78, 5) is 4.72. The highest BCUT2D eigenvalue weighted by Crippen LogP contribution is 2.36. The zero-order valence-electron chi connectivity index (χ0n) is 11.6. The molecule has 0 aromatic carbocycles. The quantitative estimate of drug-likeness (QED) is 0.923. The van der Waals surface area contributed by atoms with Gasteiger partial charge in [0.2, 0.25) is 0 Å². The third kappa shape index (κ3) is 2.96. The van der Waals surface area contributed by atoms with Gasteiger partial charge in [0.25, 0.3) is 0 Å². The minimum absolute atomic E-state index is 0.369. The molecule has 0 unspecified atom stereocenters. The first-order chi connectivity index (χ1) is 9.27. The molecule has 0 bridgehead atoms. The molecule has 2 aliphatic rings. The van der Waals surface area contributed by atoms with Crippen LogP contribution in [0.3, 0.4) is 0 Å². The second-order valence-corrected chi connectivity index (χ2v) is 6.60. The molecule has 1 aliphatic carbocycles. The van der Waals surface area contributed by atoms with Crippen LogP contribution in [-0.2, 0) is 13.5 Å². The normalized spacial score (nSPS) is 23.9. The molecule has 5 heteroatoms. The highest BCUT2D eigenvalue weighted by Gasteiger charge is 2.37. The van der Waals surface area contributed by atoms with Gasteiger partial charge in [0.05, 0.1) is 0 Å². The van der Waals surface area contributed by atoms with E-state index in [4.69, 9.17) is 4.99 Å². The van der Waals surface area contributed by atoms with Crippen LogP contribution >= 0.6 is 11.8 Å². The highest BCUT2D eigenvalue weighted by atomic mass is 32.2. The van der Waals surface area contributed by atoms with Gasteiger partial charge in [-0.05, 0) is 18.9 Å². The van der Waals surface area contributed by atoms with Crippen LogP contribution in [0.25, 0.3) is 0 Å². The van der Waals surface area contributed by atoms with E-state index in [0.717, 1.165) is 18.1 Å². The van der Waals surface area contributed by atoms with Crippen LogP contribution in [0.1, 0.15) is 37.8 Å². The minimum atomic E-state index is 0.369. The molecule has 0 atom stereocenters. The van der Waals surface area contributed by atoms with Gasteiger partial charge in [0, 0.05) is 43.2 Å². The number of amidine groups is 1. The number of hydrogen-bond acceptors (Lipinski definition) is 3. The molecule has 4 nitrogen and oxygen atoms in total. The first-order valence-electron chi connectivity index (χ1n) is 7.20. The summed E-state index contributed by atoms with van der Waals surface area (Å²) >= 11 is 1.91. The number of rotatable bonds is 3. The predicted octanol–water partition coefficient (Wildman–Crippen LogP) is 2.36. The second-order valence-electron chi connectivity index (χ2n) is 5.64. The largest absolute Gasteiger partial charge is 0.359 e. The second kappa shape index (κ2) is 5.57. The van der Waals surface area contributed by atoms with Gasteiger partial charge in [0.15, 0.2) is 5.17 Å². The van der Waals surface area contributed by atoms with Gasteiger partial charge >= 0.3 is 0 Å². The molecule has 1 spiro atoms. The molecule has 0 radical (unpaired) electrons. The van der Waals surface area contributed by atoms with E-state index >= 15 is 0 Å². The van der Waals surface area contributed by atoms with E-state index in [1.165, 1.54) is 43.6 Å². The maximum Gasteiger partial charge on any atom is 0.157 e. The van der Waals surface area contributed by atoms with E-state index in [2.05, 4.69) is 16.5 Å². The number of hydrogen-bond donors (Lipinski definition) is 1. The average Bonchev–Trinajstić information content (AvgIpc) is 2.99. The zero-order chi connectivity index (χ0) is 13.1. The van der Waals surface area contributed by atoms with Crippen LogP contribution in [0.15, 0.2) is 17.3 Å². The molecule has 1 aromatic heterocycles. The van der Waals surface area contributed by atoms with E-state index in [1.807, 2.05) is 29.7 Å². The Kier molecular flexibility index (Phi) is 3.82. The van der Waals surface area contributed by atoms with Gasteiger partial charge in [0.1, 0.15) is 0 Å². The van der Waals surface area contributed by atoms with E-state index in [-0.39, 0.29) is 0 Å². The Bertz CT molecular complexity index is 460. The summed E-state index contributed by atoms with van der Waals surface area (Å²) in [6.07, 6.45) is 9.60. The predicted molar refractivity (Wildman–Crippen MR) is 80.6 cm³/mol. The van der Waals surface area contributed by atoms with Crippen molar-refractivity contribution in [2.24, 2.45) is 12.0 Å². The third-order valence-electron chi connectivity index (χ3n) is 4.21. The van der Waals surface area contributed by atoms with Gasteiger partial charge in [-0.3, -0.25) is 9.67 Å². The van der Waals surface area contributed by atoms with Crippen LogP contribution in [0.2, 0.25) is 0 Å². The van der Waals surface area contributed by atoms with E-state index in [1.54, 1.807) is 0 Å². The molecule has 104 valence electrons. The monoisotopic (exact) mass is 278 g/mol. The number of aliphatic imine (C=N–C) groups is 1. The van der Waals surface area contributed by atoms with Crippen molar-refractivity contribution in [1.82, 2.24) is 15.1 Å². The fourth-order valence-electron chi connectivity index (χ4n) is 3.01. The van der Waals surface area contributed by atoms with Crippen molar-refractivity contribution in [3.05, 3.63) is 18.0 Å². The summed E-state index contributed by atoms with van der Waals surface area (Å²) in [5.74, 6) is 1.21. The van der Waals surface area contributed by atoms with Gasteiger partial charge in [-0.2, -0.15) is 5.10 Å². The number of thioether (sulfide) groups is 1. The summed E-state index contributed by atoms with van der Waals surface area (Å²) in [7, 11) is 1.99. The maximum atomic E-state index is 4.72. The number of aromatic nitrogens is 2. The van der Waals surface area contributed by atoms with Crippen molar-refractivity contribution in [1.29, 1.82) is 0 Å². The SMILES string of the molecule is Cn1nccc1CCN=C1NC2(CCCCC2)CS1. The lowest BCUT2D eigenvalue weighted by atomic mass is 9.83. The molecule has 1 aromatic rings. The van der Waals surface area contributed by atoms with Crippen molar-refractivity contribution in [2.75, 3.05) is 12.3 Å². The lowest BCUT2D eigenvalue weighted by molar-refractivity contribution is 0.303. The summed E-state index contributed by atoms with van der Waals surface area (Å²) in [6.45, 7) is 0.852. The summed E-state index contributed by atoms with van der Waals surface area (Å²) in [6, 6.07) is 2.07. The fourth-order valence-corrected chi connectivity index (χ4v) is 4.25.